The summed E-state index contributed by atoms with van der Waals surface area (Å²) in [5.41, 5.74) is 9.79. The van der Waals surface area contributed by atoms with Gasteiger partial charge in [-0.05, 0) is 103 Å². The number of nitrogens with one attached hydrogen (secondary N) is 1. The number of amides is 1. The quantitative estimate of drug-likeness (QED) is 0.146. The molecule has 0 aromatic heterocycles. The molecule has 0 radical (unpaired) electrons. The largest absolute Gasteiger partial charge is 0.496 e. The van der Waals surface area contributed by atoms with Crippen LogP contribution in [0.5, 0.6) is 5.75 Å². The van der Waals surface area contributed by atoms with Crippen LogP contribution in [-0.4, -0.2) is 53.8 Å². The van der Waals surface area contributed by atoms with Crippen LogP contribution in [0, 0.1) is 12.7 Å². The maximum atomic E-state index is 13.4. The van der Waals surface area contributed by atoms with E-state index in [1.807, 2.05) is 17.4 Å². The Balaban J connectivity index is 0.000000234. The first-order chi connectivity index (χ1) is 23.3. The van der Waals surface area contributed by atoms with E-state index in [-0.39, 0.29) is 23.2 Å². The first-order valence-corrected chi connectivity index (χ1v) is 16.4. The summed E-state index contributed by atoms with van der Waals surface area (Å²) >= 11 is 0. The number of methoxy groups -OCH3 is 1. The topological polar surface area (TPSA) is 105 Å². The third-order valence-corrected chi connectivity index (χ3v) is 9.60. The first kappa shape index (κ1) is 35.7. The lowest BCUT2D eigenvalue weighted by molar-refractivity contribution is -0.137. The van der Waals surface area contributed by atoms with Crippen molar-refractivity contribution in [1.29, 1.82) is 0 Å². The number of carbonyl (C=O) groups is 2. The van der Waals surface area contributed by atoms with Gasteiger partial charge in [0.2, 0.25) is 0 Å². The second-order valence-corrected chi connectivity index (χ2v) is 12.8. The SMILES string of the molecule is COc1cc(CN2CCCC23CCC3)ccc1-c1cccc2c(CCC(=O)O)cccc12.Cc1cc(NCC(F)(F)F)cc(F)c1C(N)=O. The number of aryl methyl sites for hydroxylation is 2. The van der Waals surface area contributed by atoms with Crippen molar-refractivity contribution in [2.45, 2.75) is 70.1 Å². The number of alkyl halides is 3. The molecule has 11 heteroatoms. The zero-order chi connectivity index (χ0) is 35.3. The Morgan fingerprint density at radius 3 is 2.33 bits per heavy atom. The number of primary amides is 1. The summed E-state index contributed by atoms with van der Waals surface area (Å²) in [6.07, 6.45) is 3.01. The predicted octanol–water partition coefficient (Wildman–Crippen LogP) is 8.26. The lowest BCUT2D eigenvalue weighted by atomic mass is 9.75. The summed E-state index contributed by atoms with van der Waals surface area (Å²) in [6.45, 7) is 2.31. The summed E-state index contributed by atoms with van der Waals surface area (Å²) in [5, 5.41) is 13.4. The number of likely N-dealkylation sites (tertiary alicyclic amines) is 1. The van der Waals surface area contributed by atoms with Crippen LogP contribution < -0.4 is 15.8 Å². The molecule has 7 nitrogen and oxygen atoms in total. The van der Waals surface area contributed by atoms with E-state index >= 15 is 0 Å². The molecule has 0 unspecified atom stereocenters. The summed E-state index contributed by atoms with van der Waals surface area (Å²) in [6, 6.07) is 21.1. The maximum absolute atomic E-state index is 13.4. The van der Waals surface area contributed by atoms with Gasteiger partial charge >= 0.3 is 12.1 Å². The van der Waals surface area contributed by atoms with Gasteiger partial charge in [0.05, 0.1) is 12.7 Å². The van der Waals surface area contributed by atoms with Gasteiger partial charge in [0, 0.05) is 29.8 Å². The number of carboxylic acid groups (broad SMARTS) is 1. The van der Waals surface area contributed by atoms with Gasteiger partial charge in [0.15, 0.2) is 0 Å². The van der Waals surface area contributed by atoms with Crippen LogP contribution in [0.1, 0.15) is 65.6 Å². The second-order valence-electron chi connectivity index (χ2n) is 12.8. The minimum Gasteiger partial charge on any atom is -0.496 e. The molecule has 260 valence electrons. The fourth-order valence-corrected chi connectivity index (χ4v) is 7.10. The molecule has 1 amide bonds. The summed E-state index contributed by atoms with van der Waals surface area (Å²) in [7, 11) is 1.75. The van der Waals surface area contributed by atoms with Crippen molar-refractivity contribution in [3.8, 4) is 16.9 Å². The zero-order valence-electron chi connectivity index (χ0n) is 27.6. The second kappa shape index (κ2) is 14.9. The van der Waals surface area contributed by atoms with Crippen LogP contribution in [0.25, 0.3) is 21.9 Å². The van der Waals surface area contributed by atoms with Gasteiger partial charge in [-0.25, -0.2) is 4.39 Å². The Morgan fingerprint density at radius 2 is 1.69 bits per heavy atom. The molecule has 1 aliphatic heterocycles. The van der Waals surface area contributed by atoms with E-state index in [0.29, 0.717) is 12.0 Å². The molecule has 4 N–H and O–H groups in total. The lowest BCUT2D eigenvalue weighted by Crippen LogP contribution is -2.48. The summed E-state index contributed by atoms with van der Waals surface area (Å²) in [5.74, 6) is -1.77. The third kappa shape index (κ3) is 8.33. The van der Waals surface area contributed by atoms with Gasteiger partial charge in [-0.1, -0.05) is 48.5 Å². The summed E-state index contributed by atoms with van der Waals surface area (Å²) in [4.78, 5) is 24.6. The summed E-state index contributed by atoms with van der Waals surface area (Å²) < 4.78 is 55.0. The molecule has 4 aromatic rings. The van der Waals surface area contributed by atoms with Crippen molar-refractivity contribution in [2.75, 3.05) is 25.5 Å². The van der Waals surface area contributed by atoms with Crippen molar-refractivity contribution in [3.63, 3.8) is 0 Å². The number of ether oxygens (including phenoxy) is 1. The number of nitrogens with zero attached hydrogens (tertiary/aromatic N) is 1. The Labute approximate surface area is 283 Å². The first-order valence-electron chi connectivity index (χ1n) is 16.4. The number of carbonyl (C=O) groups excluding carboxylic acids is 1. The van der Waals surface area contributed by atoms with Crippen molar-refractivity contribution in [3.05, 3.63) is 94.8 Å². The smallest absolute Gasteiger partial charge is 0.405 e. The van der Waals surface area contributed by atoms with E-state index in [9.17, 15) is 27.2 Å². The molecule has 49 heavy (non-hydrogen) atoms. The molecule has 1 heterocycles. The standard InChI is InChI=1S/C28H31NO3.C10H10F4N2O/c1-32-26-18-20(19-29-17-5-16-28(29)14-4-15-28)10-12-25(26)24-9-3-7-22-21(11-13-27(30)31)6-2-8-23(22)24;1-5-2-6(16-4-10(12,13)14)3-7(11)8(5)9(15)17/h2-3,6-10,12,18H,4-5,11,13-17,19H2,1H3,(H,30,31);2-3,16H,4H2,1H3,(H2,15,17). The average Bonchev–Trinajstić information content (AvgIpc) is 3.46. The van der Waals surface area contributed by atoms with Crippen LogP contribution in [0.3, 0.4) is 0 Å². The zero-order valence-corrected chi connectivity index (χ0v) is 27.6. The monoisotopic (exact) mass is 679 g/mol. The van der Waals surface area contributed by atoms with E-state index in [2.05, 4.69) is 47.4 Å². The number of anilines is 1. The van der Waals surface area contributed by atoms with Gasteiger partial charge in [-0.3, -0.25) is 14.5 Å². The number of benzene rings is 4. The van der Waals surface area contributed by atoms with Gasteiger partial charge in [0.25, 0.3) is 5.91 Å². The van der Waals surface area contributed by atoms with Gasteiger partial charge < -0.3 is 20.9 Å². The molecule has 4 aromatic carbocycles. The van der Waals surface area contributed by atoms with E-state index in [1.54, 1.807) is 7.11 Å². The molecule has 2 fully saturated rings. The number of hydrogen-bond donors (Lipinski definition) is 3. The van der Waals surface area contributed by atoms with E-state index in [1.165, 1.54) is 57.2 Å². The van der Waals surface area contributed by atoms with Gasteiger partial charge in [-0.15, -0.1) is 0 Å². The lowest BCUT2D eigenvalue weighted by Gasteiger charge is -2.46. The molecule has 0 bridgehead atoms. The fraction of sp³-hybridized carbons (Fsp3) is 0.368. The molecule has 6 rings (SSSR count). The normalized spacial score (nSPS) is 15.4. The predicted molar refractivity (Wildman–Crippen MR) is 182 cm³/mol. The number of aliphatic carboxylic acids is 1. The molecular formula is C38H41F4N3O4. The third-order valence-electron chi connectivity index (χ3n) is 9.60. The number of nitrogens with two attached hydrogens (primary N) is 1. The minimum atomic E-state index is -4.40. The highest BCUT2D eigenvalue weighted by Gasteiger charge is 2.45. The van der Waals surface area contributed by atoms with Crippen molar-refractivity contribution < 1.29 is 37.0 Å². The molecule has 1 saturated carbocycles. The highest BCUT2D eigenvalue weighted by atomic mass is 19.4. The number of fused-ring (bicyclic) bond motifs is 1. The van der Waals surface area contributed by atoms with Gasteiger partial charge in [-0.2, -0.15) is 13.2 Å². The Bertz CT molecular complexity index is 1810. The molecule has 1 spiro atoms. The minimum absolute atomic E-state index is 0.0534. The maximum Gasteiger partial charge on any atom is 0.405 e. The Kier molecular flexibility index (Phi) is 10.8. The molecule has 1 saturated heterocycles. The van der Waals surface area contributed by atoms with Crippen molar-refractivity contribution in [1.82, 2.24) is 4.90 Å². The van der Waals surface area contributed by atoms with Crippen LogP contribution in [-0.2, 0) is 17.8 Å². The highest BCUT2D eigenvalue weighted by Crippen LogP contribution is 2.46. The Hall–Kier alpha value is -4.64. The number of halogens is 4. The molecule has 1 aliphatic carbocycles. The fourth-order valence-electron chi connectivity index (χ4n) is 7.10. The van der Waals surface area contributed by atoms with Crippen molar-refractivity contribution >= 4 is 28.3 Å². The van der Waals surface area contributed by atoms with Crippen LogP contribution >= 0.6 is 0 Å². The number of rotatable bonds is 10. The van der Waals surface area contributed by atoms with Crippen LogP contribution in [0.4, 0.5) is 23.2 Å². The molecular weight excluding hydrogens is 638 g/mol. The highest BCUT2D eigenvalue weighted by molar-refractivity contribution is 5.99. The molecule has 0 atom stereocenters. The number of hydrogen-bond acceptors (Lipinski definition) is 5. The van der Waals surface area contributed by atoms with Crippen molar-refractivity contribution in [2.24, 2.45) is 5.73 Å². The average molecular weight is 680 g/mol. The van der Waals surface area contributed by atoms with Gasteiger partial charge in [0.1, 0.15) is 18.1 Å². The Morgan fingerprint density at radius 1 is 0.980 bits per heavy atom. The van der Waals surface area contributed by atoms with E-state index < -0.39 is 30.4 Å². The number of carboxylic acids is 1. The molecule has 2 aliphatic rings. The van der Waals surface area contributed by atoms with Crippen LogP contribution in [0.2, 0.25) is 0 Å². The van der Waals surface area contributed by atoms with E-state index in [0.717, 1.165) is 45.8 Å². The van der Waals surface area contributed by atoms with E-state index in [4.69, 9.17) is 15.6 Å². The van der Waals surface area contributed by atoms with Crippen LogP contribution in [0.15, 0.2) is 66.7 Å².